The number of likely N-dealkylation sites (N-methyl/N-ethyl adjacent to an activating group) is 1. The fraction of sp³-hybridized carbons (Fsp3) is 0.462. The number of rotatable bonds is 3. The average Bonchev–Trinajstić information content (AvgIpc) is 2.95. The molecule has 3 rings (SSSR count). The van der Waals surface area contributed by atoms with Crippen LogP contribution >= 0.6 is 0 Å². The average molecular weight is 231 g/mol. The SMILES string of the molecule is CN1CCCC1CNc1nccc2occc12. The van der Waals surface area contributed by atoms with Crippen LogP contribution in [0.3, 0.4) is 0 Å². The van der Waals surface area contributed by atoms with Gasteiger partial charge >= 0.3 is 0 Å². The molecule has 90 valence electrons. The van der Waals surface area contributed by atoms with Crippen LogP contribution in [0.2, 0.25) is 0 Å². The van der Waals surface area contributed by atoms with E-state index in [4.69, 9.17) is 4.42 Å². The normalized spacial score (nSPS) is 21.1. The minimum absolute atomic E-state index is 0.624. The van der Waals surface area contributed by atoms with Crippen LogP contribution in [0.4, 0.5) is 5.82 Å². The van der Waals surface area contributed by atoms with Gasteiger partial charge in [-0.3, -0.25) is 0 Å². The van der Waals surface area contributed by atoms with Crippen LogP contribution in [0.5, 0.6) is 0 Å². The Morgan fingerprint density at radius 3 is 3.29 bits per heavy atom. The van der Waals surface area contributed by atoms with Gasteiger partial charge in [0, 0.05) is 18.8 Å². The second-order valence-corrected chi connectivity index (χ2v) is 4.65. The van der Waals surface area contributed by atoms with Crippen molar-refractivity contribution in [3.63, 3.8) is 0 Å². The number of aromatic nitrogens is 1. The van der Waals surface area contributed by atoms with Crippen molar-refractivity contribution in [1.29, 1.82) is 0 Å². The highest BCUT2D eigenvalue weighted by Gasteiger charge is 2.20. The summed E-state index contributed by atoms with van der Waals surface area (Å²) in [6, 6.07) is 4.48. The van der Waals surface area contributed by atoms with Crippen LogP contribution in [-0.2, 0) is 0 Å². The first-order valence-corrected chi connectivity index (χ1v) is 6.11. The van der Waals surface area contributed by atoms with Crippen molar-refractivity contribution in [3.05, 3.63) is 24.6 Å². The van der Waals surface area contributed by atoms with Crippen LogP contribution in [0.15, 0.2) is 29.0 Å². The molecule has 0 amide bonds. The maximum atomic E-state index is 5.36. The largest absolute Gasteiger partial charge is 0.464 e. The van der Waals surface area contributed by atoms with Gasteiger partial charge in [-0.15, -0.1) is 0 Å². The van der Waals surface area contributed by atoms with E-state index in [1.807, 2.05) is 12.1 Å². The van der Waals surface area contributed by atoms with Gasteiger partial charge in [0.2, 0.25) is 0 Å². The molecule has 1 unspecified atom stereocenters. The lowest BCUT2D eigenvalue weighted by atomic mass is 10.2. The molecule has 4 nitrogen and oxygen atoms in total. The van der Waals surface area contributed by atoms with Crippen LogP contribution in [0.25, 0.3) is 11.0 Å². The maximum Gasteiger partial charge on any atom is 0.139 e. The van der Waals surface area contributed by atoms with Crippen molar-refractivity contribution >= 4 is 16.8 Å². The Balaban J connectivity index is 1.74. The molecule has 0 aromatic carbocycles. The zero-order chi connectivity index (χ0) is 11.7. The van der Waals surface area contributed by atoms with E-state index in [0.717, 1.165) is 23.3 Å². The highest BCUT2D eigenvalue weighted by atomic mass is 16.3. The number of anilines is 1. The Kier molecular flexibility index (Phi) is 2.73. The Morgan fingerprint density at radius 2 is 2.47 bits per heavy atom. The minimum Gasteiger partial charge on any atom is -0.464 e. The molecule has 1 saturated heterocycles. The molecule has 3 heterocycles. The summed E-state index contributed by atoms with van der Waals surface area (Å²) in [5.41, 5.74) is 0.891. The third kappa shape index (κ3) is 2.00. The number of nitrogens with zero attached hydrogens (tertiary/aromatic N) is 2. The van der Waals surface area contributed by atoms with Crippen molar-refractivity contribution in [2.75, 3.05) is 25.5 Å². The highest BCUT2D eigenvalue weighted by Crippen LogP contribution is 2.22. The van der Waals surface area contributed by atoms with E-state index < -0.39 is 0 Å². The van der Waals surface area contributed by atoms with Gasteiger partial charge in [0.1, 0.15) is 11.4 Å². The summed E-state index contributed by atoms with van der Waals surface area (Å²) in [6.45, 7) is 2.16. The lowest BCUT2D eigenvalue weighted by Crippen LogP contribution is -2.31. The van der Waals surface area contributed by atoms with Gasteiger partial charge in [-0.1, -0.05) is 0 Å². The predicted molar refractivity (Wildman–Crippen MR) is 68.2 cm³/mol. The summed E-state index contributed by atoms with van der Waals surface area (Å²) in [5, 5.41) is 4.50. The second kappa shape index (κ2) is 4.37. The number of fused-ring (bicyclic) bond motifs is 1. The summed E-state index contributed by atoms with van der Waals surface area (Å²) in [7, 11) is 2.19. The van der Waals surface area contributed by atoms with E-state index in [1.165, 1.54) is 19.4 Å². The van der Waals surface area contributed by atoms with Crippen LogP contribution in [0.1, 0.15) is 12.8 Å². The third-order valence-electron chi connectivity index (χ3n) is 3.56. The molecule has 1 atom stereocenters. The molecule has 4 heteroatoms. The zero-order valence-electron chi connectivity index (χ0n) is 10.0. The van der Waals surface area contributed by atoms with Crippen molar-refractivity contribution in [2.24, 2.45) is 0 Å². The minimum atomic E-state index is 0.624. The van der Waals surface area contributed by atoms with Gasteiger partial charge in [-0.25, -0.2) is 4.98 Å². The standard InChI is InChI=1S/C13H17N3O/c1-16-7-2-3-10(16)9-15-13-11-5-8-17-12(11)4-6-14-13/h4-6,8,10H,2-3,7,9H2,1H3,(H,14,15). The Hall–Kier alpha value is -1.55. The fourth-order valence-electron chi connectivity index (χ4n) is 2.49. The molecule has 0 aliphatic carbocycles. The monoisotopic (exact) mass is 231 g/mol. The number of furan rings is 1. The van der Waals surface area contributed by atoms with E-state index in [1.54, 1.807) is 12.5 Å². The van der Waals surface area contributed by atoms with Crippen LogP contribution in [0, 0.1) is 0 Å². The number of nitrogens with one attached hydrogen (secondary N) is 1. The van der Waals surface area contributed by atoms with Gasteiger partial charge in [-0.05, 0) is 38.6 Å². The first-order chi connectivity index (χ1) is 8.34. The van der Waals surface area contributed by atoms with E-state index in [2.05, 4.69) is 22.2 Å². The molecule has 1 N–H and O–H groups in total. The maximum absolute atomic E-state index is 5.36. The predicted octanol–water partition coefficient (Wildman–Crippen LogP) is 2.33. The van der Waals surface area contributed by atoms with Crippen LogP contribution in [-0.4, -0.2) is 36.1 Å². The van der Waals surface area contributed by atoms with Crippen molar-refractivity contribution < 1.29 is 4.42 Å². The van der Waals surface area contributed by atoms with Crippen LogP contribution < -0.4 is 5.32 Å². The Bertz CT molecular complexity index is 508. The summed E-state index contributed by atoms with van der Waals surface area (Å²) >= 11 is 0. The van der Waals surface area contributed by atoms with Crippen molar-refractivity contribution in [3.8, 4) is 0 Å². The van der Waals surface area contributed by atoms with Crippen molar-refractivity contribution in [1.82, 2.24) is 9.88 Å². The van der Waals surface area contributed by atoms with Crippen molar-refractivity contribution in [2.45, 2.75) is 18.9 Å². The Morgan fingerprint density at radius 1 is 1.53 bits per heavy atom. The first-order valence-electron chi connectivity index (χ1n) is 6.11. The smallest absolute Gasteiger partial charge is 0.139 e. The van der Waals surface area contributed by atoms with E-state index >= 15 is 0 Å². The number of hydrogen-bond acceptors (Lipinski definition) is 4. The molecule has 0 radical (unpaired) electrons. The van der Waals surface area contributed by atoms with E-state index in [9.17, 15) is 0 Å². The topological polar surface area (TPSA) is 41.3 Å². The number of hydrogen-bond donors (Lipinski definition) is 1. The molecular weight excluding hydrogens is 214 g/mol. The third-order valence-corrected chi connectivity index (χ3v) is 3.56. The van der Waals surface area contributed by atoms with Gasteiger partial charge in [-0.2, -0.15) is 0 Å². The van der Waals surface area contributed by atoms with Gasteiger partial charge in [0.15, 0.2) is 0 Å². The molecule has 1 aliphatic rings. The molecule has 2 aromatic heterocycles. The molecule has 1 aliphatic heterocycles. The number of pyridine rings is 1. The fourth-order valence-corrected chi connectivity index (χ4v) is 2.49. The number of likely N-dealkylation sites (tertiary alicyclic amines) is 1. The van der Waals surface area contributed by atoms with Gasteiger partial charge in [0.25, 0.3) is 0 Å². The highest BCUT2D eigenvalue weighted by molar-refractivity contribution is 5.87. The molecule has 0 spiro atoms. The molecule has 2 aromatic rings. The Labute approximate surface area is 101 Å². The van der Waals surface area contributed by atoms with Gasteiger partial charge < -0.3 is 14.6 Å². The van der Waals surface area contributed by atoms with Gasteiger partial charge in [0.05, 0.1) is 11.6 Å². The molecule has 0 saturated carbocycles. The van der Waals surface area contributed by atoms with E-state index in [-0.39, 0.29) is 0 Å². The quantitative estimate of drug-likeness (QED) is 0.880. The lowest BCUT2D eigenvalue weighted by molar-refractivity contribution is 0.322. The summed E-state index contributed by atoms with van der Waals surface area (Å²) < 4.78 is 5.36. The lowest BCUT2D eigenvalue weighted by Gasteiger charge is -2.20. The second-order valence-electron chi connectivity index (χ2n) is 4.65. The molecule has 1 fully saturated rings. The zero-order valence-corrected chi connectivity index (χ0v) is 10.0. The molecule has 17 heavy (non-hydrogen) atoms. The van der Waals surface area contributed by atoms with E-state index in [0.29, 0.717) is 6.04 Å². The molecular formula is C13H17N3O. The summed E-state index contributed by atoms with van der Waals surface area (Å²) in [6.07, 6.45) is 6.06. The summed E-state index contributed by atoms with van der Waals surface area (Å²) in [5.74, 6) is 0.927. The first kappa shape index (κ1) is 10.6. The molecule has 0 bridgehead atoms. The summed E-state index contributed by atoms with van der Waals surface area (Å²) in [4.78, 5) is 6.78.